The van der Waals surface area contributed by atoms with E-state index >= 15 is 0 Å². The highest BCUT2D eigenvalue weighted by Crippen LogP contribution is 2.17. The minimum atomic E-state index is -0.696. The van der Waals surface area contributed by atoms with E-state index in [2.05, 4.69) is 86.0 Å². The first-order valence-electron chi connectivity index (χ1n) is 27.6. The minimum absolute atomic E-state index is 0.112. The maximum atomic E-state index is 12.4. The number of unbranched alkanes of at least 4 members (excludes halogenated alkanes) is 31. The van der Waals surface area contributed by atoms with E-state index in [0.29, 0.717) is 19.3 Å². The van der Waals surface area contributed by atoms with Gasteiger partial charge in [-0.05, 0) is 51.4 Å². The van der Waals surface area contributed by atoms with E-state index in [0.717, 1.165) is 51.4 Å². The second-order valence-corrected chi connectivity index (χ2v) is 18.6. The molecule has 2 unspecified atom stereocenters. The topological polar surface area (TPSA) is 69.6 Å². The van der Waals surface area contributed by atoms with Crippen LogP contribution in [0, 0.1) is 0 Å². The molecule has 0 aromatic heterocycles. The van der Waals surface area contributed by atoms with Crippen molar-refractivity contribution in [2.45, 2.75) is 289 Å². The number of aliphatic hydroxyl groups is 2. The summed E-state index contributed by atoms with van der Waals surface area (Å²) in [5.74, 6) is -0.112. The van der Waals surface area contributed by atoms with Crippen LogP contribution in [0.1, 0.15) is 277 Å². The molecule has 4 nitrogen and oxygen atoms in total. The highest BCUT2D eigenvalue weighted by atomic mass is 16.3. The Bertz CT molecular complexity index is 1090. The second kappa shape index (κ2) is 54.2. The molecule has 63 heavy (non-hydrogen) atoms. The second-order valence-electron chi connectivity index (χ2n) is 18.6. The van der Waals surface area contributed by atoms with Gasteiger partial charge in [-0.2, -0.15) is 0 Å². The number of carbonyl (C=O) groups excluding carboxylic acids is 1. The van der Waals surface area contributed by atoms with Crippen molar-refractivity contribution in [3.8, 4) is 0 Å². The Morgan fingerprint density at radius 1 is 0.397 bits per heavy atom. The van der Waals surface area contributed by atoms with Gasteiger partial charge in [0.1, 0.15) is 0 Å². The molecule has 0 saturated heterocycles. The van der Waals surface area contributed by atoms with Crippen LogP contribution >= 0.6 is 0 Å². The van der Waals surface area contributed by atoms with Crippen LogP contribution in [-0.2, 0) is 4.79 Å². The predicted octanol–water partition coefficient (Wildman–Crippen LogP) is 18.2. The van der Waals surface area contributed by atoms with Crippen LogP contribution in [0.5, 0.6) is 0 Å². The molecule has 0 spiro atoms. The lowest BCUT2D eigenvalue weighted by molar-refractivity contribution is -0.123. The van der Waals surface area contributed by atoms with E-state index in [9.17, 15) is 15.0 Å². The van der Waals surface area contributed by atoms with Crippen molar-refractivity contribution < 1.29 is 15.0 Å². The number of hydrogen-bond donors (Lipinski definition) is 3. The van der Waals surface area contributed by atoms with Crippen LogP contribution in [-0.4, -0.2) is 34.9 Å². The molecule has 0 aromatic carbocycles. The van der Waals surface area contributed by atoms with Gasteiger partial charge in [-0.15, -0.1) is 0 Å². The average Bonchev–Trinajstić information content (AvgIpc) is 3.29. The van der Waals surface area contributed by atoms with Gasteiger partial charge in [0.05, 0.1) is 18.8 Å². The maximum Gasteiger partial charge on any atom is 0.220 e. The number of rotatable bonds is 50. The average molecular weight is 879 g/mol. The number of aliphatic hydroxyl groups excluding tert-OH is 2. The largest absolute Gasteiger partial charge is 0.394 e. The highest BCUT2D eigenvalue weighted by Gasteiger charge is 2.19. The van der Waals surface area contributed by atoms with E-state index in [1.54, 1.807) is 0 Å². The van der Waals surface area contributed by atoms with Crippen molar-refractivity contribution in [2.24, 2.45) is 0 Å². The Labute approximate surface area is 393 Å². The quantitative estimate of drug-likeness (QED) is 0.0421. The fourth-order valence-corrected chi connectivity index (χ4v) is 8.33. The molecule has 366 valence electrons. The summed E-state index contributed by atoms with van der Waals surface area (Å²) in [4.78, 5) is 12.4. The third-order valence-electron chi connectivity index (χ3n) is 12.5. The smallest absolute Gasteiger partial charge is 0.220 e. The molecular formula is C59H107NO3. The zero-order chi connectivity index (χ0) is 45.6. The van der Waals surface area contributed by atoms with E-state index in [1.807, 2.05) is 6.08 Å². The van der Waals surface area contributed by atoms with Crippen molar-refractivity contribution in [3.05, 3.63) is 72.9 Å². The zero-order valence-electron chi connectivity index (χ0n) is 42.1. The Kier molecular flexibility index (Phi) is 52.3. The van der Waals surface area contributed by atoms with Crippen LogP contribution in [0.25, 0.3) is 0 Å². The molecule has 0 heterocycles. The molecule has 0 aliphatic rings. The van der Waals surface area contributed by atoms with Crippen LogP contribution in [0.3, 0.4) is 0 Å². The van der Waals surface area contributed by atoms with Crippen LogP contribution < -0.4 is 5.32 Å². The third-order valence-corrected chi connectivity index (χ3v) is 12.5. The first-order chi connectivity index (χ1) is 31.2. The molecule has 0 aromatic rings. The predicted molar refractivity (Wildman–Crippen MR) is 281 cm³/mol. The normalized spacial score (nSPS) is 13.4. The monoisotopic (exact) mass is 878 g/mol. The van der Waals surface area contributed by atoms with Gasteiger partial charge in [0.15, 0.2) is 0 Å². The van der Waals surface area contributed by atoms with Gasteiger partial charge in [-0.25, -0.2) is 0 Å². The third kappa shape index (κ3) is 50.7. The van der Waals surface area contributed by atoms with Crippen LogP contribution in [0.15, 0.2) is 72.9 Å². The van der Waals surface area contributed by atoms with Crippen molar-refractivity contribution in [2.75, 3.05) is 6.61 Å². The van der Waals surface area contributed by atoms with Gasteiger partial charge < -0.3 is 15.5 Å². The van der Waals surface area contributed by atoms with E-state index < -0.39 is 12.1 Å². The van der Waals surface area contributed by atoms with Gasteiger partial charge in [0.2, 0.25) is 5.91 Å². The zero-order valence-corrected chi connectivity index (χ0v) is 42.1. The number of amides is 1. The summed E-state index contributed by atoms with van der Waals surface area (Å²) in [5.41, 5.74) is 0. The molecule has 4 heteroatoms. The van der Waals surface area contributed by atoms with Gasteiger partial charge >= 0.3 is 0 Å². The van der Waals surface area contributed by atoms with Gasteiger partial charge in [0.25, 0.3) is 0 Å². The van der Waals surface area contributed by atoms with Crippen LogP contribution in [0.2, 0.25) is 0 Å². The maximum absolute atomic E-state index is 12.4. The summed E-state index contributed by atoms with van der Waals surface area (Å²) in [6, 6.07) is -0.582. The molecule has 0 aliphatic heterocycles. The summed E-state index contributed by atoms with van der Waals surface area (Å²) >= 11 is 0. The molecule has 0 saturated carbocycles. The van der Waals surface area contributed by atoms with Crippen molar-refractivity contribution in [1.29, 1.82) is 0 Å². The number of carbonyl (C=O) groups is 1. The Morgan fingerprint density at radius 2 is 0.667 bits per heavy atom. The summed E-state index contributed by atoms with van der Waals surface area (Å²) < 4.78 is 0. The molecule has 0 radical (unpaired) electrons. The highest BCUT2D eigenvalue weighted by molar-refractivity contribution is 5.76. The first kappa shape index (κ1) is 60.8. The van der Waals surface area contributed by atoms with E-state index in [4.69, 9.17) is 0 Å². The van der Waals surface area contributed by atoms with Gasteiger partial charge in [-0.1, -0.05) is 292 Å². The molecule has 0 rings (SSSR count). The van der Waals surface area contributed by atoms with Crippen molar-refractivity contribution in [1.82, 2.24) is 5.32 Å². The van der Waals surface area contributed by atoms with Gasteiger partial charge in [0, 0.05) is 6.42 Å². The van der Waals surface area contributed by atoms with Crippen molar-refractivity contribution in [3.63, 3.8) is 0 Å². The Balaban J connectivity index is 3.50. The van der Waals surface area contributed by atoms with Crippen LogP contribution in [0.4, 0.5) is 0 Å². The molecule has 1 amide bonds. The molecule has 3 N–H and O–H groups in total. The fraction of sp³-hybridized carbons (Fsp3) is 0.780. The Hall–Kier alpha value is -2.17. The molecule has 2 atom stereocenters. The van der Waals surface area contributed by atoms with Gasteiger partial charge in [-0.3, -0.25) is 4.79 Å². The molecular weight excluding hydrogens is 771 g/mol. The summed E-state index contributed by atoms with van der Waals surface area (Å²) in [6.45, 7) is 4.23. The Morgan fingerprint density at radius 3 is 0.952 bits per heavy atom. The number of nitrogens with one attached hydrogen (secondary N) is 1. The standard InChI is InChI=1S/C59H107NO3/c1-3-5-7-9-11-13-15-17-19-21-23-24-25-26-27-28-29-30-31-32-33-34-35-37-38-40-42-44-46-48-50-52-54-58(62)57(56-61)60-59(63)55-53-51-49-47-45-43-41-39-36-22-20-18-16-14-12-10-8-6-4-2/h6,8,12,14,18,20,36,39,43,45,49,51,57-58,61-62H,3-5,7,9-11,13,15-17,19,21-35,37-38,40-42,44,46-48,50,52-56H2,1-2H3,(H,60,63)/b8-6-,14-12-,20-18-,39-36-,45-43-,51-49-. The lowest BCUT2D eigenvalue weighted by Crippen LogP contribution is -2.45. The fourth-order valence-electron chi connectivity index (χ4n) is 8.33. The molecule has 0 fully saturated rings. The minimum Gasteiger partial charge on any atom is -0.394 e. The molecule has 0 bridgehead atoms. The number of allylic oxidation sites excluding steroid dienone is 12. The van der Waals surface area contributed by atoms with Crippen molar-refractivity contribution >= 4 is 5.91 Å². The van der Waals surface area contributed by atoms with E-state index in [-0.39, 0.29) is 12.5 Å². The molecule has 0 aliphatic carbocycles. The number of hydrogen-bond acceptors (Lipinski definition) is 3. The summed E-state index contributed by atoms with van der Waals surface area (Å²) in [5, 5.41) is 23.2. The SMILES string of the molecule is CC/C=C\C/C=C\C/C=C\C/C=C\C/C=C\C/C=C\CCC(=O)NC(CO)C(O)CCCCCCCCCCCCCCCCCCCCCCCCCCCCCCCCCC. The summed E-state index contributed by atoms with van der Waals surface area (Å²) in [7, 11) is 0. The summed E-state index contributed by atoms with van der Waals surface area (Å²) in [6.07, 6.45) is 77.6. The lowest BCUT2D eigenvalue weighted by atomic mass is 10.0. The lowest BCUT2D eigenvalue weighted by Gasteiger charge is -2.22. The van der Waals surface area contributed by atoms with E-state index in [1.165, 1.54) is 193 Å². The first-order valence-corrected chi connectivity index (χ1v) is 27.6.